The van der Waals surface area contributed by atoms with Crippen LogP contribution in [-0.4, -0.2) is 9.78 Å². The second-order valence-electron chi connectivity index (χ2n) is 4.89. The number of hydrogen-bond donors (Lipinski definition) is 0. The Kier molecular flexibility index (Phi) is 4.99. The number of rotatable bonds is 6. The monoisotopic (exact) mass is 283 g/mol. The van der Waals surface area contributed by atoms with Gasteiger partial charge in [0.15, 0.2) is 5.75 Å². The smallest absolute Gasteiger partial charge is 0.171 e. The molecular weight excluding hydrogens is 262 g/mol. The quantitative estimate of drug-likeness (QED) is 0.802. The molecule has 110 valence electrons. The summed E-state index contributed by atoms with van der Waals surface area (Å²) in [4.78, 5) is 0. The van der Waals surface area contributed by atoms with Crippen molar-refractivity contribution >= 4 is 0 Å². The molecule has 0 aliphatic rings. The summed E-state index contributed by atoms with van der Waals surface area (Å²) < 4.78 is 8.11. The van der Waals surface area contributed by atoms with Crippen molar-refractivity contribution in [1.29, 1.82) is 5.26 Å². The number of hydrogen-bond acceptors (Lipinski definition) is 3. The summed E-state index contributed by atoms with van der Waals surface area (Å²) in [7, 11) is 0. The van der Waals surface area contributed by atoms with Gasteiger partial charge in [-0.3, -0.25) is 4.68 Å². The molecule has 2 rings (SSSR count). The highest BCUT2D eigenvalue weighted by Gasteiger charge is 2.17. The predicted molar refractivity (Wildman–Crippen MR) is 82.5 cm³/mol. The van der Waals surface area contributed by atoms with Gasteiger partial charge < -0.3 is 4.74 Å². The van der Waals surface area contributed by atoms with E-state index in [1.54, 1.807) is 12.1 Å². The highest BCUT2D eigenvalue weighted by atomic mass is 16.5. The molecule has 0 spiro atoms. The minimum Gasteiger partial charge on any atom is -0.453 e. The molecule has 0 unspecified atom stereocenters. The van der Waals surface area contributed by atoms with E-state index >= 15 is 0 Å². The molecule has 0 saturated carbocycles. The molecule has 2 aromatic rings. The zero-order valence-corrected chi connectivity index (χ0v) is 12.9. The van der Waals surface area contributed by atoms with Crippen molar-refractivity contribution in [3.63, 3.8) is 0 Å². The minimum atomic E-state index is 0.635. The molecular formula is C17H21N3O. The van der Waals surface area contributed by atoms with Crippen LogP contribution in [0.25, 0.3) is 0 Å². The third-order valence-electron chi connectivity index (χ3n) is 3.39. The molecule has 0 aliphatic carbocycles. The average molecular weight is 283 g/mol. The molecule has 21 heavy (non-hydrogen) atoms. The Morgan fingerprint density at radius 3 is 2.38 bits per heavy atom. The molecule has 1 heterocycles. The second kappa shape index (κ2) is 6.94. The standard InChI is InChI=1S/C17H21N3O/c1-4-11-20-16(6-3)17(15(5-2)19-20)21-14-9-7-13(12-18)8-10-14/h7-10H,4-6,11H2,1-3H3. The van der Waals surface area contributed by atoms with Gasteiger partial charge in [-0.2, -0.15) is 10.4 Å². The lowest BCUT2D eigenvalue weighted by Crippen LogP contribution is -2.04. The average Bonchev–Trinajstić information content (AvgIpc) is 2.85. The van der Waals surface area contributed by atoms with E-state index in [4.69, 9.17) is 10.00 Å². The van der Waals surface area contributed by atoms with Crippen molar-refractivity contribution in [2.45, 2.75) is 46.6 Å². The number of aromatic nitrogens is 2. The Balaban J connectivity index is 2.34. The zero-order chi connectivity index (χ0) is 15.2. The van der Waals surface area contributed by atoms with Gasteiger partial charge in [-0.05, 0) is 43.5 Å². The van der Waals surface area contributed by atoms with Crippen molar-refractivity contribution in [3.8, 4) is 17.6 Å². The summed E-state index contributed by atoms with van der Waals surface area (Å²) in [6.07, 6.45) is 2.78. The first kappa shape index (κ1) is 15.1. The SMILES string of the molecule is CCCn1nc(CC)c(Oc2ccc(C#N)cc2)c1CC. The number of nitriles is 1. The maximum atomic E-state index is 8.84. The highest BCUT2D eigenvalue weighted by Crippen LogP contribution is 2.30. The van der Waals surface area contributed by atoms with Crippen molar-refractivity contribution in [3.05, 3.63) is 41.2 Å². The Labute approximate surface area is 126 Å². The molecule has 4 heteroatoms. The molecule has 0 radical (unpaired) electrons. The van der Waals surface area contributed by atoms with Crippen molar-refractivity contribution < 1.29 is 4.74 Å². The van der Waals surface area contributed by atoms with Gasteiger partial charge in [0, 0.05) is 6.54 Å². The maximum Gasteiger partial charge on any atom is 0.171 e. The molecule has 0 N–H and O–H groups in total. The minimum absolute atomic E-state index is 0.635. The van der Waals surface area contributed by atoms with Crippen molar-refractivity contribution in [2.75, 3.05) is 0 Å². The van der Waals surface area contributed by atoms with Gasteiger partial charge in [0.05, 0.1) is 17.3 Å². The summed E-state index contributed by atoms with van der Waals surface area (Å²) >= 11 is 0. The molecule has 0 aliphatic heterocycles. The van der Waals surface area contributed by atoms with E-state index in [1.165, 1.54) is 0 Å². The van der Waals surface area contributed by atoms with Gasteiger partial charge in [0.25, 0.3) is 0 Å². The van der Waals surface area contributed by atoms with Crippen LogP contribution in [0.3, 0.4) is 0 Å². The Morgan fingerprint density at radius 1 is 1.14 bits per heavy atom. The van der Waals surface area contributed by atoms with Gasteiger partial charge in [-0.25, -0.2) is 0 Å². The number of ether oxygens (including phenoxy) is 1. The second-order valence-corrected chi connectivity index (χ2v) is 4.89. The van der Waals surface area contributed by atoms with E-state index in [9.17, 15) is 0 Å². The fourth-order valence-corrected chi connectivity index (χ4v) is 2.34. The van der Waals surface area contributed by atoms with E-state index in [2.05, 4.69) is 36.6 Å². The topological polar surface area (TPSA) is 50.8 Å². The lowest BCUT2D eigenvalue weighted by molar-refractivity contribution is 0.467. The summed E-state index contributed by atoms with van der Waals surface area (Å²) in [6, 6.07) is 9.30. The number of benzene rings is 1. The van der Waals surface area contributed by atoms with E-state index in [0.717, 1.165) is 48.7 Å². The van der Waals surface area contributed by atoms with Gasteiger partial charge in [0.1, 0.15) is 11.4 Å². The lowest BCUT2D eigenvalue weighted by atomic mass is 10.2. The van der Waals surface area contributed by atoms with Gasteiger partial charge in [-0.15, -0.1) is 0 Å². The maximum absolute atomic E-state index is 8.84. The fraction of sp³-hybridized carbons (Fsp3) is 0.412. The molecule has 0 bridgehead atoms. The normalized spacial score (nSPS) is 10.4. The Morgan fingerprint density at radius 2 is 1.86 bits per heavy atom. The number of nitrogens with zero attached hydrogens (tertiary/aromatic N) is 3. The van der Waals surface area contributed by atoms with Crippen LogP contribution in [0.15, 0.2) is 24.3 Å². The van der Waals surface area contributed by atoms with Crippen molar-refractivity contribution in [1.82, 2.24) is 9.78 Å². The predicted octanol–water partition coefficient (Wildman–Crippen LogP) is 4.08. The van der Waals surface area contributed by atoms with E-state index in [0.29, 0.717) is 5.56 Å². The molecule has 1 aromatic carbocycles. The molecule has 0 amide bonds. The van der Waals surface area contributed by atoms with Crippen LogP contribution in [0.2, 0.25) is 0 Å². The van der Waals surface area contributed by atoms with Gasteiger partial charge in [0.2, 0.25) is 0 Å². The highest BCUT2D eigenvalue weighted by molar-refractivity contribution is 5.41. The third kappa shape index (κ3) is 3.25. The first-order chi connectivity index (χ1) is 10.2. The molecule has 4 nitrogen and oxygen atoms in total. The zero-order valence-electron chi connectivity index (χ0n) is 12.9. The van der Waals surface area contributed by atoms with Gasteiger partial charge in [-0.1, -0.05) is 20.8 Å². The molecule has 0 fully saturated rings. The molecule has 0 saturated heterocycles. The summed E-state index contributed by atoms with van der Waals surface area (Å²) in [6.45, 7) is 7.26. The van der Waals surface area contributed by atoms with Crippen LogP contribution in [0.4, 0.5) is 0 Å². The van der Waals surface area contributed by atoms with Gasteiger partial charge >= 0.3 is 0 Å². The molecule has 1 aromatic heterocycles. The van der Waals surface area contributed by atoms with Crippen LogP contribution in [0.1, 0.15) is 44.1 Å². The van der Waals surface area contributed by atoms with E-state index < -0.39 is 0 Å². The first-order valence-electron chi connectivity index (χ1n) is 7.50. The molecule has 0 atom stereocenters. The third-order valence-corrected chi connectivity index (χ3v) is 3.39. The summed E-state index contributed by atoms with van der Waals surface area (Å²) in [5.74, 6) is 1.62. The summed E-state index contributed by atoms with van der Waals surface area (Å²) in [5, 5.41) is 13.5. The van der Waals surface area contributed by atoms with Crippen LogP contribution >= 0.6 is 0 Å². The Bertz CT molecular complexity index is 635. The largest absolute Gasteiger partial charge is 0.453 e. The van der Waals surface area contributed by atoms with Crippen LogP contribution < -0.4 is 4.74 Å². The van der Waals surface area contributed by atoms with Crippen LogP contribution in [0.5, 0.6) is 11.5 Å². The number of aryl methyl sites for hydroxylation is 2. The van der Waals surface area contributed by atoms with Crippen molar-refractivity contribution in [2.24, 2.45) is 0 Å². The first-order valence-corrected chi connectivity index (χ1v) is 7.50. The Hall–Kier alpha value is -2.28. The van der Waals surface area contributed by atoms with E-state index in [1.807, 2.05) is 12.1 Å². The summed E-state index contributed by atoms with van der Waals surface area (Å²) in [5.41, 5.74) is 2.76. The fourth-order valence-electron chi connectivity index (χ4n) is 2.34. The van der Waals surface area contributed by atoms with E-state index in [-0.39, 0.29) is 0 Å². The van der Waals surface area contributed by atoms with Crippen LogP contribution in [-0.2, 0) is 19.4 Å². The lowest BCUT2D eigenvalue weighted by Gasteiger charge is -2.09. The van der Waals surface area contributed by atoms with Crippen LogP contribution in [0, 0.1) is 11.3 Å².